The largest absolute Gasteiger partial charge is 0.345 e. The van der Waals surface area contributed by atoms with Gasteiger partial charge in [0.05, 0.1) is 29.8 Å². The van der Waals surface area contributed by atoms with Gasteiger partial charge in [0, 0.05) is 10.7 Å². The van der Waals surface area contributed by atoms with Crippen LogP contribution in [0, 0.1) is 5.82 Å². The number of fused-ring (bicyclic) bond motifs is 1. The second-order valence-corrected chi connectivity index (χ2v) is 8.33. The van der Waals surface area contributed by atoms with E-state index in [1.165, 1.54) is 12.1 Å². The van der Waals surface area contributed by atoms with E-state index in [1.807, 2.05) is 55.5 Å². The van der Waals surface area contributed by atoms with Crippen LogP contribution in [-0.4, -0.2) is 30.9 Å². The van der Waals surface area contributed by atoms with E-state index in [2.05, 4.69) is 20.3 Å². The predicted molar refractivity (Wildman–Crippen MR) is 129 cm³/mol. The average Bonchev–Trinajstić information content (AvgIpc) is 3.50. The number of para-hydroxylation sites is 1. The molecule has 1 atom stereocenters. The smallest absolute Gasteiger partial charge is 0.249 e. The SMILES string of the molecule is CC(c1cc(F)cc(Cl)c1)N(C(=O)Cn1nnc2ccccc21)c1ccc(-c2cnc[nH]2)cc1. The fourth-order valence-electron chi connectivity index (χ4n) is 4.00. The van der Waals surface area contributed by atoms with Crippen molar-refractivity contribution in [1.29, 1.82) is 0 Å². The Bertz CT molecular complexity index is 1430. The molecular weight excluding hydrogens is 455 g/mol. The van der Waals surface area contributed by atoms with Crippen LogP contribution in [0.25, 0.3) is 22.3 Å². The van der Waals surface area contributed by atoms with E-state index >= 15 is 0 Å². The van der Waals surface area contributed by atoms with Crippen LogP contribution < -0.4 is 4.90 Å². The van der Waals surface area contributed by atoms with Crippen molar-refractivity contribution in [3.8, 4) is 11.3 Å². The Hall–Kier alpha value is -4.04. The highest BCUT2D eigenvalue weighted by molar-refractivity contribution is 6.30. The fraction of sp³-hybridized carbons (Fsp3) is 0.120. The minimum atomic E-state index is -0.492. The van der Waals surface area contributed by atoms with Crippen molar-refractivity contribution in [1.82, 2.24) is 25.0 Å². The lowest BCUT2D eigenvalue weighted by molar-refractivity contribution is -0.119. The van der Waals surface area contributed by atoms with Gasteiger partial charge in [-0.05, 0) is 60.5 Å². The van der Waals surface area contributed by atoms with Gasteiger partial charge in [-0.2, -0.15) is 0 Å². The molecule has 0 saturated carbocycles. The molecule has 0 aliphatic rings. The van der Waals surface area contributed by atoms with Crippen LogP contribution in [0.5, 0.6) is 0 Å². The monoisotopic (exact) mass is 474 g/mol. The van der Waals surface area contributed by atoms with Crippen LogP contribution in [0.4, 0.5) is 10.1 Å². The molecule has 3 aromatic carbocycles. The van der Waals surface area contributed by atoms with Gasteiger partial charge < -0.3 is 9.88 Å². The third-order valence-corrected chi connectivity index (χ3v) is 5.90. The molecule has 5 rings (SSSR count). The summed E-state index contributed by atoms with van der Waals surface area (Å²) in [5, 5.41) is 8.55. The maximum atomic E-state index is 14.1. The van der Waals surface area contributed by atoms with Crippen LogP contribution in [0.3, 0.4) is 0 Å². The molecule has 1 amide bonds. The molecule has 0 aliphatic heterocycles. The summed E-state index contributed by atoms with van der Waals surface area (Å²) in [6.45, 7) is 1.81. The van der Waals surface area contributed by atoms with Crippen molar-refractivity contribution in [2.75, 3.05) is 4.90 Å². The number of benzene rings is 3. The van der Waals surface area contributed by atoms with Gasteiger partial charge in [0.25, 0.3) is 0 Å². The predicted octanol–water partition coefficient (Wildman–Crippen LogP) is 5.41. The Kier molecular flexibility index (Phi) is 5.81. The summed E-state index contributed by atoms with van der Waals surface area (Å²) in [5.74, 6) is -0.684. The number of nitrogens with zero attached hydrogens (tertiary/aromatic N) is 5. The topological polar surface area (TPSA) is 79.7 Å². The van der Waals surface area contributed by atoms with E-state index in [9.17, 15) is 9.18 Å². The molecule has 5 aromatic rings. The first-order valence-electron chi connectivity index (χ1n) is 10.6. The van der Waals surface area contributed by atoms with Crippen LogP contribution >= 0.6 is 11.6 Å². The number of nitrogens with one attached hydrogen (secondary N) is 1. The lowest BCUT2D eigenvalue weighted by Gasteiger charge is -2.30. The molecule has 0 fully saturated rings. The molecule has 2 aromatic heterocycles. The zero-order chi connectivity index (χ0) is 23.7. The lowest BCUT2D eigenvalue weighted by atomic mass is 10.0. The Labute approximate surface area is 199 Å². The van der Waals surface area contributed by atoms with Crippen LogP contribution in [0.1, 0.15) is 18.5 Å². The van der Waals surface area contributed by atoms with Crippen LogP contribution in [0.15, 0.2) is 79.3 Å². The molecule has 1 N–H and O–H groups in total. The van der Waals surface area contributed by atoms with Crippen LogP contribution in [0.2, 0.25) is 5.02 Å². The van der Waals surface area contributed by atoms with Crippen molar-refractivity contribution >= 4 is 34.2 Å². The first-order valence-corrected chi connectivity index (χ1v) is 11.0. The summed E-state index contributed by atoms with van der Waals surface area (Å²) < 4.78 is 15.7. The normalized spacial score (nSPS) is 12.1. The van der Waals surface area contributed by atoms with Gasteiger partial charge in [0.2, 0.25) is 5.91 Å². The van der Waals surface area contributed by atoms with Gasteiger partial charge in [0.1, 0.15) is 17.9 Å². The number of rotatable bonds is 6. The Morgan fingerprint density at radius 3 is 2.68 bits per heavy atom. The quantitative estimate of drug-likeness (QED) is 0.357. The van der Waals surface area contributed by atoms with E-state index in [0.29, 0.717) is 16.8 Å². The van der Waals surface area contributed by atoms with Crippen molar-refractivity contribution in [2.45, 2.75) is 19.5 Å². The Balaban J connectivity index is 1.52. The van der Waals surface area contributed by atoms with E-state index in [1.54, 1.807) is 28.2 Å². The number of carbonyl (C=O) groups is 1. The van der Waals surface area contributed by atoms with Gasteiger partial charge in [-0.15, -0.1) is 5.10 Å². The number of anilines is 1. The van der Waals surface area contributed by atoms with Gasteiger partial charge in [0.15, 0.2) is 0 Å². The van der Waals surface area contributed by atoms with Crippen LogP contribution in [-0.2, 0) is 11.3 Å². The fourth-order valence-corrected chi connectivity index (χ4v) is 4.23. The standard InChI is InChI=1S/C25H20ClFN6O/c1-16(18-10-19(26)12-20(27)11-18)33(21-8-6-17(7-9-21)23-13-28-15-29-23)25(34)14-32-24-5-3-2-4-22(24)30-31-32/h2-13,15-16H,14H2,1H3,(H,28,29). The van der Waals surface area contributed by atoms with Crippen molar-refractivity contribution < 1.29 is 9.18 Å². The maximum Gasteiger partial charge on any atom is 0.249 e. The number of H-pyrrole nitrogens is 1. The molecule has 34 heavy (non-hydrogen) atoms. The lowest BCUT2D eigenvalue weighted by Crippen LogP contribution is -2.36. The summed E-state index contributed by atoms with van der Waals surface area (Å²) in [6, 6.07) is 18.8. The van der Waals surface area contributed by atoms with Gasteiger partial charge >= 0.3 is 0 Å². The summed E-state index contributed by atoms with van der Waals surface area (Å²) in [4.78, 5) is 22.4. The summed E-state index contributed by atoms with van der Waals surface area (Å²) in [7, 11) is 0. The Morgan fingerprint density at radius 1 is 1.15 bits per heavy atom. The van der Waals surface area contributed by atoms with E-state index in [0.717, 1.165) is 16.8 Å². The molecule has 2 heterocycles. The van der Waals surface area contributed by atoms with E-state index in [4.69, 9.17) is 11.6 Å². The maximum absolute atomic E-state index is 14.1. The molecule has 0 aliphatic carbocycles. The number of hydrogen-bond donors (Lipinski definition) is 1. The van der Waals surface area contributed by atoms with Crippen molar-refractivity contribution in [2.24, 2.45) is 0 Å². The minimum absolute atomic E-state index is 0.0315. The second kappa shape index (κ2) is 9.07. The number of aromatic nitrogens is 5. The van der Waals surface area contributed by atoms with Gasteiger partial charge in [-0.1, -0.05) is 41.1 Å². The molecule has 0 bridgehead atoms. The number of aromatic amines is 1. The third-order valence-electron chi connectivity index (χ3n) is 5.68. The van der Waals surface area contributed by atoms with Gasteiger partial charge in [-0.25, -0.2) is 14.1 Å². The highest BCUT2D eigenvalue weighted by atomic mass is 35.5. The number of carbonyl (C=O) groups excluding carboxylic acids is 1. The Morgan fingerprint density at radius 2 is 1.94 bits per heavy atom. The molecule has 7 nitrogen and oxygen atoms in total. The molecule has 0 radical (unpaired) electrons. The summed E-state index contributed by atoms with van der Waals surface area (Å²) >= 11 is 6.11. The molecular formula is C25H20ClFN6O. The molecule has 0 saturated heterocycles. The summed E-state index contributed by atoms with van der Waals surface area (Å²) in [6.07, 6.45) is 3.34. The number of amides is 1. The molecule has 9 heteroatoms. The molecule has 0 spiro atoms. The highest BCUT2D eigenvalue weighted by Crippen LogP contribution is 2.31. The summed E-state index contributed by atoms with van der Waals surface area (Å²) in [5.41, 5.74) is 4.49. The van der Waals surface area contributed by atoms with Crippen molar-refractivity contribution in [3.63, 3.8) is 0 Å². The van der Waals surface area contributed by atoms with Crippen molar-refractivity contribution in [3.05, 3.63) is 95.7 Å². The molecule has 1 unspecified atom stereocenters. The number of hydrogen-bond acceptors (Lipinski definition) is 4. The number of halogens is 2. The third kappa shape index (κ3) is 4.27. The average molecular weight is 475 g/mol. The zero-order valence-corrected chi connectivity index (χ0v) is 18.9. The van der Waals surface area contributed by atoms with Gasteiger partial charge in [-0.3, -0.25) is 4.79 Å². The highest BCUT2D eigenvalue weighted by Gasteiger charge is 2.25. The van der Waals surface area contributed by atoms with E-state index in [-0.39, 0.29) is 17.5 Å². The number of imidazole rings is 1. The first kappa shape index (κ1) is 21.8. The van der Waals surface area contributed by atoms with E-state index < -0.39 is 11.9 Å². The minimum Gasteiger partial charge on any atom is -0.345 e. The second-order valence-electron chi connectivity index (χ2n) is 7.89. The zero-order valence-electron chi connectivity index (χ0n) is 18.2. The first-order chi connectivity index (χ1) is 16.5. The molecule has 170 valence electrons.